The summed E-state index contributed by atoms with van der Waals surface area (Å²) in [4.78, 5) is 13.4. The fourth-order valence-corrected chi connectivity index (χ4v) is 2.47. The van der Waals surface area contributed by atoms with Gasteiger partial charge in [-0.15, -0.1) is 0 Å². The lowest BCUT2D eigenvalue weighted by atomic mass is 9.93. The van der Waals surface area contributed by atoms with E-state index >= 15 is 0 Å². The normalized spacial score (nSPS) is 17.6. The van der Waals surface area contributed by atoms with Crippen LogP contribution in [0.3, 0.4) is 0 Å². The lowest BCUT2D eigenvalue weighted by Gasteiger charge is -2.35. The summed E-state index contributed by atoms with van der Waals surface area (Å²) in [6.45, 7) is 2.30. The Labute approximate surface area is 122 Å². The highest BCUT2D eigenvalue weighted by Crippen LogP contribution is 2.23. The summed E-state index contributed by atoms with van der Waals surface area (Å²) in [7, 11) is 1.43. The van der Waals surface area contributed by atoms with Gasteiger partial charge in [-0.2, -0.15) is 0 Å². The minimum absolute atomic E-state index is 0.0159. The van der Waals surface area contributed by atoms with E-state index in [0.29, 0.717) is 26.1 Å². The molecule has 116 valence electrons. The van der Waals surface area contributed by atoms with Crippen molar-refractivity contribution in [2.75, 3.05) is 26.8 Å². The minimum atomic E-state index is -1.07. The number of amides is 1. The van der Waals surface area contributed by atoms with Crippen LogP contribution in [0.5, 0.6) is 0 Å². The van der Waals surface area contributed by atoms with Gasteiger partial charge in [0.05, 0.1) is 5.60 Å². The van der Waals surface area contributed by atoms with Gasteiger partial charge in [0, 0.05) is 39.6 Å². The van der Waals surface area contributed by atoms with Gasteiger partial charge in [-0.3, -0.25) is 4.79 Å². The first-order chi connectivity index (χ1) is 9.84. The Bertz CT molecular complexity index is 542. The van der Waals surface area contributed by atoms with E-state index in [9.17, 15) is 18.7 Å². The quantitative estimate of drug-likeness (QED) is 0.927. The zero-order valence-electron chi connectivity index (χ0n) is 12.2. The van der Waals surface area contributed by atoms with Gasteiger partial charge in [0.15, 0.2) is 0 Å². The standard InChI is InChI=1S/C15H19F2NO3/c1-10-3-4-11(16)12(13(10)17)14(19)18(2)9-15(20)5-7-21-8-6-15/h3-4,20H,5-9H2,1-2H3. The van der Waals surface area contributed by atoms with Crippen molar-refractivity contribution >= 4 is 5.91 Å². The second kappa shape index (κ2) is 6.07. The van der Waals surface area contributed by atoms with Crippen LogP contribution in [-0.2, 0) is 4.74 Å². The van der Waals surface area contributed by atoms with Crippen LogP contribution in [0.15, 0.2) is 12.1 Å². The molecule has 0 aromatic heterocycles. The molecule has 1 N–H and O–H groups in total. The molecule has 1 heterocycles. The van der Waals surface area contributed by atoms with E-state index in [0.717, 1.165) is 11.0 Å². The second-order valence-corrected chi connectivity index (χ2v) is 5.55. The van der Waals surface area contributed by atoms with E-state index in [4.69, 9.17) is 4.74 Å². The predicted molar refractivity (Wildman–Crippen MR) is 73.1 cm³/mol. The Balaban J connectivity index is 2.18. The molecule has 0 atom stereocenters. The third-order valence-electron chi connectivity index (χ3n) is 3.80. The van der Waals surface area contributed by atoms with Crippen LogP contribution in [0.1, 0.15) is 28.8 Å². The smallest absolute Gasteiger partial charge is 0.259 e. The molecule has 4 nitrogen and oxygen atoms in total. The third-order valence-corrected chi connectivity index (χ3v) is 3.80. The molecule has 1 aliphatic rings. The van der Waals surface area contributed by atoms with Gasteiger partial charge in [0.25, 0.3) is 5.91 Å². The van der Waals surface area contributed by atoms with Crippen LogP contribution in [0, 0.1) is 18.6 Å². The first-order valence-electron chi connectivity index (χ1n) is 6.84. The summed E-state index contributed by atoms with van der Waals surface area (Å²) in [6.07, 6.45) is 0.785. The maximum atomic E-state index is 14.0. The van der Waals surface area contributed by atoms with E-state index in [1.165, 1.54) is 20.0 Å². The molecule has 1 aromatic carbocycles. The van der Waals surface area contributed by atoms with Gasteiger partial charge < -0.3 is 14.7 Å². The lowest BCUT2D eigenvalue weighted by Crippen LogP contribution is -2.47. The van der Waals surface area contributed by atoms with Crippen LogP contribution in [0.4, 0.5) is 8.78 Å². The molecule has 0 unspecified atom stereocenters. The molecular weight excluding hydrogens is 280 g/mol. The Hall–Kier alpha value is -1.53. The maximum Gasteiger partial charge on any atom is 0.259 e. The number of hydrogen-bond acceptors (Lipinski definition) is 3. The van der Waals surface area contributed by atoms with Crippen molar-refractivity contribution < 1.29 is 23.4 Å². The van der Waals surface area contributed by atoms with Gasteiger partial charge >= 0.3 is 0 Å². The summed E-state index contributed by atoms with van der Waals surface area (Å²) in [5, 5.41) is 10.4. The number of aryl methyl sites for hydroxylation is 1. The molecule has 1 aliphatic heterocycles. The Morgan fingerprint density at radius 3 is 2.62 bits per heavy atom. The SMILES string of the molecule is Cc1ccc(F)c(C(=O)N(C)CC2(O)CCOCC2)c1F. The highest BCUT2D eigenvalue weighted by Gasteiger charge is 2.33. The number of benzene rings is 1. The first kappa shape index (κ1) is 15.9. The monoisotopic (exact) mass is 299 g/mol. The molecular formula is C15H19F2NO3. The van der Waals surface area contributed by atoms with E-state index in [2.05, 4.69) is 0 Å². The lowest BCUT2D eigenvalue weighted by molar-refractivity contribution is -0.0735. The summed E-state index contributed by atoms with van der Waals surface area (Å²) in [5.41, 5.74) is -1.44. The van der Waals surface area contributed by atoms with Crippen molar-refractivity contribution in [3.05, 3.63) is 34.9 Å². The number of carbonyl (C=O) groups is 1. The number of carbonyl (C=O) groups excluding carboxylic acids is 1. The molecule has 0 spiro atoms. The molecule has 1 amide bonds. The molecule has 6 heteroatoms. The zero-order valence-corrected chi connectivity index (χ0v) is 12.2. The van der Waals surface area contributed by atoms with E-state index in [1.807, 2.05) is 0 Å². The van der Waals surface area contributed by atoms with Crippen molar-refractivity contribution in [3.8, 4) is 0 Å². The van der Waals surface area contributed by atoms with Gasteiger partial charge in [0.1, 0.15) is 17.2 Å². The predicted octanol–water partition coefficient (Wildman–Crippen LogP) is 1.89. The fourth-order valence-electron chi connectivity index (χ4n) is 2.47. The topological polar surface area (TPSA) is 49.8 Å². The Morgan fingerprint density at radius 1 is 1.38 bits per heavy atom. The number of ether oxygens (including phenoxy) is 1. The van der Waals surface area contributed by atoms with Crippen molar-refractivity contribution in [3.63, 3.8) is 0 Å². The molecule has 1 fully saturated rings. The van der Waals surface area contributed by atoms with Crippen LogP contribution in [0.25, 0.3) is 0 Å². The average Bonchev–Trinajstić information content (AvgIpc) is 2.43. The fraction of sp³-hybridized carbons (Fsp3) is 0.533. The van der Waals surface area contributed by atoms with Gasteiger partial charge in [0.2, 0.25) is 0 Å². The van der Waals surface area contributed by atoms with Crippen molar-refractivity contribution in [1.29, 1.82) is 0 Å². The van der Waals surface area contributed by atoms with Crippen LogP contribution >= 0.6 is 0 Å². The molecule has 1 saturated heterocycles. The molecule has 2 rings (SSSR count). The molecule has 0 radical (unpaired) electrons. The number of aliphatic hydroxyl groups is 1. The number of hydrogen-bond donors (Lipinski definition) is 1. The van der Waals surface area contributed by atoms with Crippen LogP contribution in [-0.4, -0.2) is 48.3 Å². The zero-order chi connectivity index (χ0) is 15.6. The summed E-state index contributed by atoms with van der Waals surface area (Å²) in [5.74, 6) is -2.52. The van der Waals surface area contributed by atoms with Crippen LogP contribution < -0.4 is 0 Å². The Kier molecular flexibility index (Phi) is 4.58. The number of likely N-dealkylation sites (N-methyl/N-ethyl adjacent to an activating group) is 1. The number of nitrogens with zero attached hydrogens (tertiary/aromatic N) is 1. The molecule has 0 aliphatic carbocycles. The van der Waals surface area contributed by atoms with E-state index in [1.54, 1.807) is 0 Å². The molecule has 21 heavy (non-hydrogen) atoms. The average molecular weight is 299 g/mol. The van der Waals surface area contributed by atoms with Crippen molar-refractivity contribution in [2.24, 2.45) is 0 Å². The number of halogens is 2. The van der Waals surface area contributed by atoms with E-state index in [-0.39, 0.29) is 12.1 Å². The van der Waals surface area contributed by atoms with Gasteiger partial charge in [-0.1, -0.05) is 6.07 Å². The molecule has 1 aromatic rings. The highest BCUT2D eigenvalue weighted by molar-refractivity contribution is 5.94. The first-order valence-corrected chi connectivity index (χ1v) is 6.84. The maximum absolute atomic E-state index is 14.0. The summed E-state index contributed by atoms with van der Waals surface area (Å²) >= 11 is 0. The Morgan fingerprint density at radius 2 is 2.00 bits per heavy atom. The second-order valence-electron chi connectivity index (χ2n) is 5.55. The summed E-state index contributed by atoms with van der Waals surface area (Å²) < 4.78 is 32.9. The number of rotatable bonds is 3. The van der Waals surface area contributed by atoms with Gasteiger partial charge in [-0.25, -0.2) is 8.78 Å². The highest BCUT2D eigenvalue weighted by atomic mass is 19.1. The van der Waals surface area contributed by atoms with Crippen molar-refractivity contribution in [1.82, 2.24) is 4.90 Å². The van der Waals surface area contributed by atoms with E-state index < -0.39 is 28.7 Å². The third kappa shape index (κ3) is 3.39. The minimum Gasteiger partial charge on any atom is -0.388 e. The summed E-state index contributed by atoms with van der Waals surface area (Å²) in [6, 6.07) is 2.36. The molecule has 0 saturated carbocycles. The van der Waals surface area contributed by atoms with Crippen LogP contribution in [0.2, 0.25) is 0 Å². The van der Waals surface area contributed by atoms with Gasteiger partial charge in [-0.05, 0) is 18.6 Å². The molecule has 0 bridgehead atoms. The largest absolute Gasteiger partial charge is 0.388 e. The van der Waals surface area contributed by atoms with Crippen molar-refractivity contribution in [2.45, 2.75) is 25.4 Å².